The van der Waals surface area contributed by atoms with Gasteiger partial charge in [0.05, 0.1) is 6.10 Å². The molecule has 1 aromatic rings. The molecule has 0 spiro atoms. The molecule has 17 heavy (non-hydrogen) atoms. The Morgan fingerprint density at radius 1 is 1.53 bits per heavy atom. The first-order chi connectivity index (χ1) is 8.20. The van der Waals surface area contributed by atoms with Crippen molar-refractivity contribution < 1.29 is 9.50 Å². The van der Waals surface area contributed by atoms with Crippen LogP contribution in [0.5, 0.6) is 0 Å². The molecule has 1 aromatic carbocycles. The molecule has 0 saturated carbocycles. The lowest BCUT2D eigenvalue weighted by molar-refractivity contribution is 0.198. The zero-order valence-electron chi connectivity index (χ0n) is 10.1. The minimum Gasteiger partial charge on any atom is -0.391 e. The van der Waals surface area contributed by atoms with Gasteiger partial charge in [-0.3, -0.25) is 0 Å². The van der Waals surface area contributed by atoms with Crippen LogP contribution in [0.15, 0.2) is 18.2 Å². The number of benzene rings is 1. The highest BCUT2D eigenvalue weighted by Crippen LogP contribution is 2.25. The van der Waals surface area contributed by atoms with Crippen LogP contribution in [0, 0.1) is 5.82 Å². The first-order valence-corrected chi connectivity index (χ1v) is 6.13. The fourth-order valence-corrected chi connectivity index (χ4v) is 2.22. The number of anilines is 1. The minimum absolute atomic E-state index is 0.207. The molecule has 1 fully saturated rings. The maximum absolute atomic E-state index is 13.2. The van der Waals surface area contributed by atoms with Crippen LogP contribution in [0.1, 0.15) is 18.9 Å². The second kappa shape index (κ2) is 5.47. The Morgan fingerprint density at radius 2 is 2.35 bits per heavy atom. The molecule has 1 aliphatic heterocycles. The van der Waals surface area contributed by atoms with E-state index in [1.165, 1.54) is 6.07 Å². The van der Waals surface area contributed by atoms with Crippen LogP contribution in [0.4, 0.5) is 10.1 Å². The van der Waals surface area contributed by atoms with Crippen molar-refractivity contribution in [3.05, 3.63) is 29.6 Å². The normalized spacial score (nSPS) is 19.9. The largest absolute Gasteiger partial charge is 0.391 e. The first kappa shape index (κ1) is 12.3. The van der Waals surface area contributed by atoms with E-state index in [2.05, 4.69) is 10.2 Å². The van der Waals surface area contributed by atoms with Crippen molar-refractivity contribution in [3.8, 4) is 0 Å². The van der Waals surface area contributed by atoms with E-state index in [-0.39, 0.29) is 11.9 Å². The van der Waals surface area contributed by atoms with Gasteiger partial charge in [-0.05, 0) is 36.7 Å². The number of hydrogen-bond acceptors (Lipinski definition) is 3. The molecule has 1 atom stereocenters. The fourth-order valence-electron chi connectivity index (χ4n) is 2.22. The zero-order chi connectivity index (χ0) is 12.3. The van der Waals surface area contributed by atoms with Gasteiger partial charge in [0.2, 0.25) is 0 Å². The van der Waals surface area contributed by atoms with Gasteiger partial charge < -0.3 is 15.3 Å². The van der Waals surface area contributed by atoms with Gasteiger partial charge in [0, 0.05) is 25.3 Å². The monoisotopic (exact) mass is 238 g/mol. The van der Waals surface area contributed by atoms with Crippen LogP contribution in [0.3, 0.4) is 0 Å². The van der Waals surface area contributed by atoms with Gasteiger partial charge in [0.15, 0.2) is 0 Å². The third-order valence-electron chi connectivity index (χ3n) is 3.11. The van der Waals surface area contributed by atoms with E-state index in [9.17, 15) is 9.50 Å². The summed E-state index contributed by atoms with van der Waals surface area (Å²) in [6.07, 6.45) is 0.532. The van der Waals surface area contributed by atoms with E-state index in [0.717, 1.165) is 30.8 Å². The summed E-state index contributed by atoms with van der Waals surface area (Å²) in [6, 6.07) is 4.86. The zero-order valence-corrected chi connectivity index (χ0v) is 10.1. The second-order valence-corrected chi connectivity index (χ2v) is 4.44. The molecule has 0 bridgehead atoms. The third kappa shape index (κ3) is 2.96. The molecule has 1 heterocycles. The summed E-state index contributed by atoms with van der Waals surface area (Å²) in [5, 5.41) is 12.8. The Bertz CT molecular complexity index is 384. The number of aliphatic hydroxyl groups is 1. The molecular formula is C13H19FN2O. The van der Waals surface area contributed by atoms with E-state index >= 15 is 0 Å². The predicted molar refractivity (Wildman–Crippen MR) is 66.6 cm³/mol. The lowest BCUT2D eigenvalue weighted by atomic mass is 10.1. The molecule has 0 aliphatic carbocycles. The van der Waals surface area contributed by atoms with Gasteiger partial charge in [-0.25, -0.2) is 4.39 Å². The highest BCUT2D eigenvalue weighted by molar-refractivity contribution is 5.54. The van der Waals surface area contributed by atoms with Gasteiger partial charge in [-0.1, -0.05) is 6.92 Å². The molecule has 4 heteroatoms. The second-order valence-electron chi connectivity index (χ2n) is 4.44. The van der Waals surface area contributed by atoms with E-state index in [1.807, 2.05) is 6.92 Å². The summed E-state index contributed by atoms with van der Waals surface area (Å²) in [5.41, 5.74) is 1.99. The molecule has 1 saturated heterocycles. The number of hydrogen-bond donors (Lipinski definition) is 2. The molecule has 3 nitrogen and oxygen atoms in total. The van der Waals surface area contributed by atoms with Gasteiger partial charge in [-0.2, -0.15) is 0 Å². The average molecular weight is 238 g/mol. The summed E-state index contributed by atoms with van der Waals surface area (Å²) in [7, 11) is 0. The molecule has 94 valence electrons. The Hall–Kier alpha value is -1.13. The van der Waals surface area contributed by atoms with E-state index in [4.69, 9.17) is 0 Å². The number of β-amino-alcohol motifs (C(OH)–C–C–N with tert-alkyl or cyclic N) is 1. The molecule has 2 N–H and O–H groups in total. The SMILES string of the molecule is CCNCc1cc(F)ccc1N1CCC(O)C1. The summed E-state index contributed by atoms with van der Waals surface area (Å²) < 4.78 is 13.2. The third-order valence-corrected chi connectivity index (χ3v) is 3.11. The van der Waals surface area contributed by atoms with E-state index in [0.29, 0.717) is 13.1 Å². The summed E-state index contributed by atoms with van der Waals surface area (Å²) in [5.74, 6) is -0.207. The predicted octanol–water partition coefficient (Wildman–Crippen LogP) is 1.51. The Labute approximate surface area is 101 Å². The summed E-state index contributed by atoms with van der Waals surface area (Å²) in [4.78, 5) is 2.12. The van der Waals surface area contributed by atoms with E-state index in [1.54, 1.807) is 12.1 Å². The highest BCUT2D eigenvalue weighted by Gasteiger charge is 2.22. The molecule has 1 unspecified atom stereocenters. The van der Waals surface area contributed by atoms with Crippen molar-refractivity contribution in [1.29, 1.82) is 0 Å². The summed E-state index contributed by atoms with van der Waals surface area (Å²) >= 11 is 0. The van der Waals surface area contributed by atoms with Crippen molar-refractivity contribution in [3.63, 3.8) is 0 Å². The van der Waals surface area contributed by atoms with Crippen LogP contribution in [-0.4, -0.2) is 30.8 Å². The van der Waals surface area contributed by atoms with Crippen molar-refractivity contribution in [2.24, 2.45) is 0 Å². The van der Waals surface area contributed by atoms with Gasteiger partial charge in [-0.15, -0.1) is 0 Å². The smallest absolute Gasteiger partial charge is 0.123 e. The van der Waals surface area contributed by atoms with Crippen molar-refractivity contribution in [1.82, 2.24) is 5.32 Å². The first-order valence-electron chi connectivity index (χ1n) is 6.13. The number of nitrogens with one attached hydrogen (secondary N) is 1. The fraction of sp³-hybridized carbons (Fsp3) is 0.538. The lowest BCUT2D eigenvalue weighted by Crippen LogP contribution is -2.24. The van der Waals surface area contributed by atoms with Crippen LogP contribution >= 0.6 is 0 Å². The topological polar surface area (TPSA) is 35.5 Å². The molecule has 0 radical (unpaired) electrons. The van der Waals surface area contributed by atoms with Crippen LogP contribution in [0.2, 0.25) is 0 Å². The van der Waals surface area contributed by atoms with Crippen LogP contribution in [-0.2, 0) is 6.54 Å². The molecule has 2 rings (SSSR count). The number of rotatable bonds is 4. The quantitative estimate of drug-likeness (QED) is 0.834. The van der Waals surface area contributed by atoms with Crippen molar-refractivity contribution >= 4 is 5.69 Å². The molecule has 0 amide bonds. The molecule has 1 aliphatic rings. The maximum Gasteiger partial charge on any atom is 0.123 e. The van der Waals surface area contributed by atoms with Crippen LogP contribution < -0.4 is 10.2 Å². The minimum atomic E-state index is -0.257. The van der Waals surface area contributed by atoms with Crippen LogP contribution in [0.25, 0.3) is 0 Å². The number of aliphatic hydroxyl groups excluding tert-OH is 1. The van der Waals surface area contributed by atoms with Crippen molar-refractivity contribution in [2.45, 2.75) is 26.0 Å². The van der Waals surface area contributed by atoms with Gasteiger partial charge >= 0.3 is 0 Å². The molecule has 0 aromatic heterocycles. The summed E-state index contributed by atoms with van der Waals surface area (Å²) in [6.45, 7) is 5.03. The number of nitrogens with zero attached hydrogens (tertiary/aromatic N) is 1. The average Bonchev–Trinajstić information content (AvgIpc) is 2.73. The van der Waals surface area contributed by atoms with Gasteiger partial charge in [0.1, 0.15) is 5.82 Å². The maximum atomic E-state index is 13.2. The van der Waals surface area contributed by atoms with Gasteiger partial charge in [0.25, 0.3) is 0 Å². The standard InChI is InChI=1S/C13H19FN2O/c1-2-15-8-10-7-11(14)3-4-13(10)16-6-5-12(17)9-16/h3-4,7,12,15,17H,2,5-6,8-9H2,1H3. The van der Waals surface area contributed by atoms with E-state index < -0.39 is 0 Å². The Kier molecular flexibility index (Phi) is 3.97. The number of halogens is 1. The Balaban J connectivity index is 2.19. The highest BCUT2D eigenvalue weighted by atomic mass is 19.1. The van der Waals surface area contributed by atoms with Crippen molar-refractivity contribution in [2.75, 3.05) is 24.5 Å². The Morgan fingerprint density at radius 3 is 3.00 bits per heavy atom. The lowest BCUT2D eigenvalue weighted by Gasteiger charge is -2.21. The molecular weight excluding hydrogens is 219 g/mol.